The molecule has 134 valence electrons. The summed E-state index contributed by atoms with van der Waals surface area (Å²) in [7, 11) is 1.60. The summed E-state index contributed by atoms with van der Waals surface area (Å²) in [4.78, 5) is 29.7. The predicted octanol–water partition coefficient (Wildman–Crippen LogP) is 1.31. The molecular weight excluding hydrogens is 334 g/mol. The Morgan fingerprint density at radius 1 is 1.23 bits per heavy atom. The maximum absolute atomic E-state index is 12.4. The number of benzene rings is 1. The lowest BCUT2D eigenvalue weighted by molar-refractivity contribution is -0.121. The van der Waals surface area contributed by atoms with E-state index < -0.39 is 0 Å². The van der Waals surface area contributed by atoms with E-state index in [0.29, 0.717) is 24.4 Å². The molecule has 1 aromatic carbocycles. The standard InChI is InChI=1S/C18H19N5O3/c1-22(11-17(24)20-9-16-3-2-8-26-16)18(25)15-6-4-14(5-7-15)10-23-13-19-12-21-23/h2-8,12-13H,9-11H2,1H3,(H,20,24). The van der Waals surface area contributed by atoms with Gasteiger partial charge < -0.3 is 14.6 Å². The SMILES string of the molecule is CN(CC(=O)NCc1ccco1)C(=O)c1ccc(Cn2cncn2)cc1. The fourth-order valence-corrected chi connectivity index (χ4v) is 2.42. The highest BCUT2D eigenvalue weighted by Gasteiger charge is 2.15. The highest BCUT2D eigenvalue weighted by Crippen LogP contribution is 2.08. The van der Waals surface area contributed by atoms with E-state index in [-0.39, 0.29) is 18.4 Å². The Morgan fingerprint density at radius 2 is 2.04 bits per heavy atom. The lowest BCUT2D eigenvalue weighted by Crippen LogP contribution is -2.38. The van der Waals surface area contributed by atoms with Crippen molar-refractivity contribution >= 4 is 11.8 Å². The van der Waals surface area contributed by atoms with Crippen molar-refractivity contribution in [3.8, 4) is 0 Å². The van der Waals surface area contributed by atoms with Crippen molar-refractivity contribution in [3.63, 3.8) is 0 Å². The molecule has 0 aliphatic heterocycles. The molecule has 2 amide bonds. The van der Waals surface area contributed by atoms with Crippen molar-refractivity contribution in [2.75, 3.05) is 13.6 Å². The first-order valence-electron chi connectivity index (χ1n) is 8.08. The highest BCUT2D eigenvalue weighted by atomic mass is 16.3. The van der Waals surface area contributed by atoms with E-state index in [9.17, 15) is 9.59 Å². The number of rotatable bonds is 7. The Balaban J connectivity index is 1.51. The van der Waals surface area contributed by atoms with E-state index in [1.54, 1.807) is 48.6 Å². The quantitative estimate of drug-likeness (QED) is 0.691. The molecule has 0 aliphatic rings. The molecule has 0 bridgehead atoms. The van der Waals surface area contributed by atoms with Crippen LogP contribution < -0.4 is 5.32 Å². The van der Waals surface area contributed by atoms with Gasteiger partial charge in [-0.2, -0.15) is 5.10 Å². The van der Waals surface area contributed by atoms with Gasteiger partial charge in [-0.25, -0.2) is 9.67 Å². The van der Waals surface area contributed by atoms with E-state index in [0.717, 1.165) is 5.56 Å². The summed E-state index contributed by atoms with van der Waals surface area (Å²) in [6, 6.07) is 10.7. The van der Waals surface area contributed by atoms with Crippen LogP contribution in [0.15, 0.2) is 59.7 Å². The molecule has 0 radical (unpaired) electrons. The maximum Gasteiger partial charge on any atom is 0.254 e. The van der Waals surface area contributed by atoms with E-state index in [2.05, 4.69) is 15.4 Å². The third-order valence-electron chi connectivity index (χ3n) is 3.78. The molecular formula is C18H19N5O3. The zero-order valence-corrected chi connectivity index (χ0v) is 14.3. The normalized spacial score (nSPS) is 10.5. The van der Waals surface area contributed by atoms with Crippen molar-refractivity contribution in [2.24, 2.45) is 0 Å². The second kappa shape index (κ2) is 8.11. The lowest BCUT2D eigenvalue weighted by atomic mass is 10.1. The summed E-state index contributed by atoms with van der Waals surface area (Å²) in [6.07, 6.45) is 4.65. The number of nitrogens with one attached hydrogen (secondary N) is 1. The Bertz CT molecular complexity index is 842. The van der Waals surface area contributed by atoms with Crippen LogP contribution in [-0.4, -0.2) is 45.1 Å². The second-order valence-corrected chi connectivity index (χ2v) is 5.81. The van der Waals surface area contributed by atoms with Crippen LogP contribution in [0.25, 0.3) is 0 Å². The number of nitrogens with zero attached hydrogens (tertiary/aromatic N) is 4. The topological polar surface area (TPSA) is 93.3 Å². The Morgan fingerprint density at radius 3 is 2.69 bits per heavy atom. The molecule has 0 fully saturated rings. The molecule has 0 saturated carbocycles. The van der Waals surface area contributed by atoms with Gasteiger partial charge in [-0.3, -0.25) is 9.59 Å². The maximum atomic E-state index is 12.4. The first kappa shape index (κ1) is 17.4. The van der Waals surface area contributed by atoms with Gasteiger partial charge in [0.25, 0.3) is 5.91 Å². The van der Waals surface area contributed by atoms with Crippen LogP contribution in [0.2, 0.25) is 0 Å². The van der Waals surface area contributed by atoms with Crippen LogP contribution in [0.5, 0.6) is 0 Å². The summed E-state index contributed by atoms with van der Waals surface area (Å²) in [5.41, 5.74) is 1.53. The summed E-state index contributed by atoms with van der Waals surface area (Å²) in [5.74, 6) is 0.195. The van der Waals surface area contributed by atoms with Crippen LogP contribution in [-0.2, 0) is 17.9 Å². The van der Waals surface area contributed by atoms with Gasteiger partial charge in [0, 0.05) is 12.6 Å². The van der Waals surface area contributed by atoms with Crippen LogP contribution >= 0.6 is 0 Å². The fourth-order valence-electron chi connectivity index (χ4n) is 2.42. The van der Waals surface area contributed by atoms with Gasteiger partial charge in [0.1, 0.15) is 18.4 Å². The molecule has 3 rings (SSSR count). The minimum Gasteiger partial charge on any atom is -0.467 e. The third-order valence-corrected chi connectivity index (χ3v) is 3.78. The molecule has 1 N–H and O–H groups in total. The highest BCUT2D eigenvalue weighted by molar-refractivity contribution is 5.96. The summed E-state index contributed by atoms with van der Waals surface area (Å²) in [5, 5.41) is 6.76. The van der Waals surface area contributed by atoms with E-state index in [1.807, 2.05) is 12.1 Å². The Labute approximate surface area is 150 Å². The summed E-state index contributed by atoms with van der Waals surface area (Å²) >= 11 is 0. The number of likely N-dealkylation sites (N-methyl/N-ethyl adjacent to an activating group) is 1. The Hall–Kier alpha value is -3.42. The van der Waals surface area contributed by atoms with Gasteiger partial charge in [0.15, 0.2) is 0 Å². The number of carbonyl (C=O) groups excluding carboxylic acids is 2. The zero-order chi connectivity index (χ0) is 18.4. The van der Waals surface area contributed by atoms with Crippen molar-refractivity contribution in [1.82, 2.24) is 25.0 Å². The van der Waals surface area contributed by atoms with Gasteiger partial charge in [0.05, 0.1) is 25.9 Å². The van der Waals surface area contributed by atoms with Gasteiger partial charge in [-0.15, -0.1) is 0 Å². The minimum absolute atomic E-state index is 0.0275. The monoisotopic (exact) mass is 353 g/mol. The van der Waals surface area contributed by atoms with Crippen LogP contribution in [0.4, 0.5) is 0 Å². The average Bonchev–Trinajstić information content (AvgIpc) is 3.34. The molecule has 8 nitrogen and oxygen atoms in total. The smallest absolute Gasteiger partial charge is 0.254 e. The largest absolute Gasteiger partial charge is 0.467 e. The average molecular weight is 353 g/mol. The molecule has 8 heteroatoms. The molecule has 2 aromatic heterocycles. The lowest BCUT2D eigenvalue weighted by Gasteiger charge is -2.17. The molecule has 0 spiro atoms. The zero-order valence-electron chi connectivity index (χ0n) is 14.3. The van der Waals surface area contributed by atoms with E-state index in [1.165, 1.54) is 11.2 Å². The number of aromatic nitrogens is 3. The molecule has 0 unspecified atom stereocenters. The van der Waals surface area contributed by atoms with Crippen molar-refractivity contribution in [3.05, 3.63) is 72.2 Å². The minimum atomic E-state index is -0.250. The second-order valence-electron chi connectivity index (χ2n) is 5.81. The number of carbonyl (C=O) groups is 2. The van der Waals surface area contributed by atoms with Gasteiger partial charge in [-0.1, -0.05) is 12.1 Å². The molecule has 0 atom stereocenters. The van der Waals surface area contributed by atoms with E-state index >= 15 is 0 Å². The third kappa shape index (κ3) is 4.56. The van der Waals surface area contributed by atoms with Gasteiger partial charge >= 0.3 is 0 Å². The van der Waals surface area contributed by atoms with Gasteiger partial charge in [0.2, 0.25) is 5.91 Å². The fraction of sp³-hybridized carbons (Fsp3) is 0.222. The summed E-state index contributed by atoms with van der Waals surface area (Å²) < 4.78 is 6.85. The van der Waals surface area contributed by atoms with Crippen molar-refractivity contribution in [1.29, 1.82) is 0 Å². The summed E-state index contributed by atoms with van der Waals surface area (Å²) in [6.45, 7) is 0.852. The van der Waals surface area contributed by atoms with Crippen LogP contribution in [0.1, 0.15) is 21.7 Å². The molecule has 0 saturated heterocycles. The van der Waals surface area contributed by atoms with E-state index in [4.69, 9.17) is 4.42 Å². The van der Waals surface area contributed by atoms with Gasteiger partial charge in [-0.05, 0) is 29.8 Å². The molecule has 3 aromatic rings. The number of furan rings is 1. The van der Waals surface area contributed by atoms with Crippen LogP contribution in [0, 0.1) is 0 Å². The molecule has 0 aliphatic carbocycles. The van der Waals surface area contributed by atoms with Crippen molar-refractivity contribution in [2.45, 2.75) is 13.1 Å². The molecule has 2 heterocycles. The number of amides is 2. The van der Waals surface area contributed by atoms with Crippen molar-refractivity contribution < 1.29 is 14.0 Å². The Kier molecular flexibility index (Phi) is 5.43. The first-order chi connectivity index (χ1) is 12.6. The number of hydrogen-bond donors (Lipinski definition) is 1. The first-order valence-corrected chi connectivity index (χ1v) is 8.08. The number of hydrogen-bond acceptors (Lipinski definition) is 5. The molecule has 26 heavy (non-hydrogen) atoms. The van der Waals surface area contributed by atoms with Crippen LogP contribution in [0.3, 0.4) is 0 Å². The predicted molar refractivity (Wildman–Crippen MR) is 93.1 cm³/mol.